The summed E-state index contributed by atoms with van der Waals surface area (Å²) >= 11 is 12.1. The first-order valence-corrected chi connectivity index (χ1v) is 9.75. The number of carbonyl (C=O) groups excluding carboxylic acids is 1. The third-order valence-electron chi connectivity index (χ3n) is 4.36. The van der Waals surface area contributed by atoms with Crippen molar-refractivity contribution in [3.8, 4) is 0 Å². The Kier molecular flexibility index (Phi) is 6.59. The molecule has 0 radical (unpaired) electrons. The summed E-state index contributed by atoms with van der Waals surface area (Å²) in [5.41, 5.74) is 2.83. The monoisotopic (exact) mass is 400 g/mol. The summed E-state index contributed by atoms with van der Waals surface area (Å²) in [6, 6.07) is 19.3. The van der Waals surface area contributed by atoms with Gasteiger partial charge >= 0.3 is 0 Å². The number of nitrogens with zero attached hydrogens (tertiary/aromatic N) is 2. The average molecular weight is 401 g/mol. The maximum atomic E-state index is 13.0. The van der Waals surface area contributed by atoms with Gasteiger partial charge in [-0.2, -0.15) is 0 Å². The van der Waals surface area contributed by atoms with Crippen molar-refractivity contribution < 1.29 is 4.79 Å². The Morgan fingerprint density at radius 2 is 1.70 bits per heavy atom. The van der Waals surface area contributed by atoms with Crippen LogP contribution in [-0.4, -0.2) is 21.9 Å². The van der Waals surface area contributed by atoms with Crippen molar-refractivity contribution in [2.45, 2.75) is 26.4 Å². The molecule has 0 aliphatic carbocycles. The lowest BCUT2D eigenvalue weighted by molar-refractivity contribution is 0.0739. The molecule has 140 valence electrons. The van der Waals surface area contributed by atoms with Crippen LogP contribution in [0.25, 0.3) is 0 Å². The molecule has 1 aromatic heterocycles. The van der Waals surface area contributed by atoms with Crippen molar-refractivity contribution in [3.05, 3.63) is 93.7 Å². The van der Waals surface area contributed by atoms with Crippen molar-refractivity contribution in [2.24, 2.45) is 0 Å². The normalized spacial score (nSPS) is 10.8. The lowest BCUT2D eigenvalue weighted by Crippen LogP contribution is -2.32. The molecular formula is C22H22Cl2N2O. The number of hydrogen-bond acceptors (Lipinski definition) is 1. The van der Waals surface area contributed by atoms with Gasteiger partial charge in [0.1, 0.15) is 0 Å². The van der Waals surface area contributed by atoms with Gasteiger partial charge in [-0.3, -0.25) is 4.79 Å². The van der Waals surface area contributed by atoms with Crippen LogP contribution in [0.5, 0.6) is 0 Å². The van der Waals surface area contributed by atoms with Gasteiger partial charge in [0, 0.05) is 40.6 Å². The number of halogens is 2. The molecule has 0 aliphatic rings. The van der Waals surface area contributed by atoms with Crippen LogP contribution in [0, 0.1) is 0 Å². The molecule has 2 aromatic carbocycles. The van der Waals surface area contributed by atoms with Crippen molar-refractivity contribution >= 4 is 29.1 Å². The lowest BCUT2D eigenvalue weighted by atomic mass is 10.2. The zero-order chi connectivity index (χ0) is 19.2. The van der Waals surface area contributed by atoms with Crippen LogP contribution < -0.4 is 0 Å². The number of aromatic nitrogens is 1. The molecule has 0 N–H and O–H groups in total. The molecule has 0 spiro atoms. The molecule has 3 aromatic rings. The van der Waals surface area contributed by atoms with Crippen LogP contribution in [0.15, 0.2) is 66.9 Å². The van der Waals surface area contributed by atoms with Crippen LogP contribution >= 0.6 is 23.2 Å². The summed E-state index contributed by atoms with van der Waals surface area (Å²) in [5, 5.41) is 0.935. The van der Waals surface area contributed by atoms with Gasteiger partial charge in [0.15, 0.2) is 0 Å². The van der Waals surface area contributed by atoms with Gasteiger partial charge < -0.3 is 9.47 Å². The smallest absolute Gasteiger partial charge is 0.254 e. The molecule has 0 aliphatic heterocycles. The van der Waals surface area contributed by atoms with Crippen LogP contribution in [0.2, 0.25) is 10.0 Å². The van der Waals surface area contributed by atoms with E-state index in [1.807, 2.05) is 35.4 Å². The molecule has 0 fully saturated rings. The highest BCUT2D eigenvalue weighted by atomic mass is 35.5. The molecule has 0 unspecified atom stereocenters. The van der Waals surface area contributed by atoms with E-state index in [2.05, 4.69) is 29.7 Å². The second-order valence-electron chi connectivity index (χ2n) is 6.50. The van der Waals surface area contributed by atoms with Crippen LogP contribution in [-0.2, 0) is 13.1 Å². The number of carbonyl (C=O) groups is 1. The standard InChI is InChI=1S/C22H22Cl2N2O/c1-2-10-26(22(27)18-12-19(23)14-20(24)13-18)16-21-9-6-11-25(21)15-17-7-4-3-5-8-17/h3-9,11-14H,2,10,15-16H2,1H3. The van der Waals surface area contributed by atoms with Crippen molar-refractivity contribution in [1.29, 1.82) is 0 Å². The molecule has 0 atom stereocenters. The summed E-state index contributed by atoms with van der Waals surface area (Å²) in [5.74, 6) is -0.0614. The molecule has 27 heavy (non-hydrogen) atoms. The van der Waals surface area contributed by atoms with Crippen LogP contribution in [0.3, 0.4) is 0 Å². The number of rotatable bonds is 7. The molecule has 3 nitrogen and oxygen atoms in total. The summed E-state index contributed by atoms with van der Waals surface area (Å²) < 4.78 is 2.18. The molecule has 1 heterocycles. The first-order valence-electron chi connectivity index (χ1n) is 9.00. The Bertz CT molecular complexity index is 885. The van der Waals surface area contributed by atoms with Crippen molar-refractivity contribution in [3.63, 3.8) is 0 Å². The van der Waals surface area contributed by atoms with Gasteiger partial charge in [0.2, 0.25) is 0 Å². The fraction of sp³-hybridized carbons (Fsp3) is 0.227. The molecule has 0 saturated carbocycles. The highest BCUT2D eigenvalue weighted by Crippen LogP contribution is 2.21. The second kappa shape index (κ2) is 9.12. The maximum Gasteiger partial charge on any atom is 0.254 e. The van der Waals surface area contributed by atoms with E-state index in [1.165, 1.54) is 5.56 Å². The minimum atomic E-state index is -0.0614. The van der Waals surface area contributed by atoms with E-state index in [1.54, 1.807) is 18.2 Å². The van der Waals surface area contributed by atoms with E-state index in [9.17, 15) is 4.79 Å². The average Bonchev–Trinajstić information content (AvgIpc) is 3.07. The molecule has 0 saturated heterocycles. The summed E-state index contributed by atoms with van der Waals surface area (Å²) in [6.07, 6.45) is 2.92. The molecular weight excluding hydrogens is 379 g/mol. The molecule has 0 bridgehead atoms. The lowest BCUT2D eigenvalue weighted by Gasteiger charge is -2.23. The Morgan fingerprint density at radius 3 is 2.37 bits per heavy atom. The Hall–Kier alpha value is -2.23. The summed E-state index contributed by atoms with van der Waals surface area (Å²) in [7, 11) is 0. The molecule has 3 rings (SSSR count). The largest absolute Gasteiger partial charge is 0.345 e. The van der Waals surface area contributed by atoms with E-state index in [0.29, 0.717) is 28.7 Å². The van der Waals surface area contributed by atoms with Gasteiger partial charge in [0.05, 0.1) is 6.54 Å². The van der Waals surface area contributed by atoms with Gasteiger partial charge in [-0.05, 0) is 42.3 Å². The Balaban J connectivity index is 1.81. The topological polar surface area (TPSA) is 25.2 Å². The quantitative estimate of drug-likeness (QED) is 0.484. The SMILES string of the molecule is CCCN(Cc1cccn1Cc1ccccc1)C(=O)c1cc(Cl)cc(Cl)c1. The minimum Gasteiger partial charge on any atom is -0.345 e. The van der Waals surface area contributed by atoms with E-state index in [0.717, 1.165) is 18.7 Å². The predicted molar refractivity (Wildman–Crippen MR) is 111 cm³/mol. The zero-order valence-electron chi connectivity index (χ0n) is 15.2. The first-order chi connectivity index (χ1) is 13.1. The Labute approximate surface area is 170 Å². The number of benzene rings is 2. The minimum absolute atomic E-state index is 0.0614. The fourth-order valence-corrected chi connectivity index (χ4v) is 3.63. The van der Waals surface area contributed by atoms with Gasteiger partial charge in [-0.15, -0.1) is 0 Å². The third kappa shape index (κ3) is 5.15. The zero-order valence-corrected chi connectivity index (χ0v) is 16.7. The van der Waals surface area contributed by atoms with E-state index >= 15 is 0 Å². The van der Waals surface area contributed by atoms with Crippen molar-refractivity contribution in [2.75, 3.05) is 6.54 Å². The van der Waals surface area contributed by atoms with Gasteiger partial charge in [0.25, 0.3) is 5.91 Å². The highest BCUT2D eigenvalue weighted by Gasteiger charge is 2.18. The maximum absolute atomic E-state index is 13.0. The number of hydrogen-bond donors (Lipinski definition) is 0. The summed E-state index contributed by atoms with van der Waals surface area (Å²) in [6.45, 7) is 4.05. The number of amides is 1. The van der Waals surface area contributed by atoms with E-state index in [4.69, 9.17) is 23.2 Å². The van der Waals surface area contributed by atoms with E-state index < -0.39 is 0 Å². The fourth-order valence-electron chi connectivity index (χ4n) is 3.11. The van der Waals surface area contributed by atoms with Crippen LogP contribution in [0.4, 0.5) is 0 Å². The van der Waals surface area contributed by atoms with Gasteiger partial charge in [-0.25, -0.2) is 0 Å². The van der Waals surface area contributed by atoms with Gasteiger partial charge in [-0.1, -0.05) is 60.5 Å². The summed E-state index contributed by atoms with van der Waals surface area (Å²) in [4.78, 5) is 14.9. The Morgan fingerprint density at radius 1 is 1.00 bits per heavy atom. The van der Waals surface area contributed by atoms with Crippen LogP contribution in [0.1, 0.15) is 35.0 Å². The van der Waals surface area contributed by atoms with Crippen molar-refractivity contribution in [1.82, 2.24) is 9.47 Å². The molecule has 5 heteroatoms. The molecule has 1 amide bonds. The predicted octanol–water partition coefficient (Wildman–Crippen LogP) is 5.90. The van der Waals surface area contributed by atoms with E-state index in [-0.39, 0.29) is 5.91 Å². The third-order valence-corrected chi connectivity index (χ3v) is 4.80. The highest BCUT2D eigenvalue weighted by molar-refractivity contribution is 6.35. The second-order valence-corrected chi connectivity index (χ2v) is 7.37. The first kappa shape index (κ1) is 19.5.